The Morgan fingerprint density at radius 2 is 0.727 bits per heavy atom. The summed E-state index contributed by atoms with van der Waals surface area (Å²) >= 11 is 0. The van der Waals surface area contributed by atoms with Gasteiger partial charge in [0.1, 0.15) is 128 Å². The van der Waals surface area contributed by atoms with E-state index in [1.165, 1.54) is 53.7 Å². The lowest BCUT2D eigenvalue weighted by atomic mass is 10.2. The number of aromatic nitrogens is 23. The summed E-state index contributed by atoms with van der Waals surface area (Å²) in [5.74, 6) is 0.560. The van der Waals surface area contributed by atoms with Crippen LogP contribution < -0.4 is 86.0 Å². The van der Waals surface area contributed by atoms with Gasteiger partial charge in [-0.2, -0.15) is 53.8 Å². The number of rotatable bonds is 24. The van der Waals surface area contributed by atoms with Gasteiger partial charge in [-0.3, -0.25) is 66.0 Å². The van der Waals surface area contributed by atoms with Crippen LogP contribution in [0.2, 0.25) is 0 Å². The Kier molecular flexibility index (Phi) is 23.7. The van der Waals surface area contributed by atoms with Crippen LogP contribution in [0.4, 0.5) is 91.2 Å². The average molecular weight is 1800 g/mol. The van der Waals surface area contributed by atoms with Crippen molar-refractivity contribution in [2.75, 3.05) is 70.7 Å². The maximum absolute atomic E-state index is 14.4. The first-order valence-electron chi connectivity index (χ1n) is 41.1. The Bertz CT molecular complexity index is 7460. The van der Waals surface area contributed by atoms with Crippen LogP contribution in [0.25, 0.3) is 45.6 Å². The second-order valence-electron chi connectivity index (χ2n) is 31.2. The lowest BCUT2D eigenvalue weighted by Gasteiger charge is -2.12. The van der Waals surface area contributed by atoms with Crippen LogP contribution in [0.15, 0.2) is 179 Å². The highest BCUT2D eigenvalue weighted by atomic mass is 19.2. The van der Waals surface area contributed by atoms with Crippen LogP contribution >= 0.6 is 0 Å². The average Bonchev–Trinajstić information content (AvgIpc) is 1.62. The van der Waals surface area contributed by atoms with Crippen molar-refractivity contribution in [1.29, 1.82) is 0 Å². The molecule has 6 atom stereocenters. The Morgan fingerprint density at radius 3 is 1.03 bits per heavy atom. The van der Waals surface area contributed by atoms with Crippen LogP contribution in [0.1, 0.15) is 90.4 Å². The monoisotopic (exact) mass is 1800 g/mol. The second kappa shape index (κ2) is 35.9. The quantitative estimate of drug-likeness (QED) is 0.0273. The zero-order valence-electron chi connectivity index (χ0n) is 71.5. The van der Waals surface area contributed by atoms with E-state index in [0.717, 1.165) is 57.6 Å². The molecule has 0 bridgehead atoms. The molecule has 16 heterocycles. The van der Waals surface area contributed by atoms with Gasteiger partial charge in [0, 0.05) is 141 Å². The first kappa shape index (κ1) is 87.0. The molecule has 16 aromatic heterocycles. The van der Waals surface area contributed by atoms with Crippen molar-refractivity contribution >= 4 is 116 Å². The van der Waals surface area contributed by atoms with Gasteiger partial charge >= 0.3 is 0 Å². The number of aryl methyl sites for hydroxylation is 5. The number of halogens is 5. The summed E-state index contributed by atoms with van der Waals surface area (Å²) in [6.07, 6.45) is 19.0. The maximum Gasteiger partial charge on any atom is 0.280 e. The summed E-state index contributed by atoms with van der Waals surface area (Å²) in [6.45, 7) is 5.53. The van der Waals surface area contributed by atoms with Gasteiger partial charge in [-0.05, 0) is 81.1 Å². The molecule has 4 fully saturated rings. The Balaban J connectivity index is 0.000000123. The molecule has 132 heavy (non-hydrogen) atoms. The first-order chi connectivity index (χ1) is 63.5. The summed E-state index contributed by atoms with van der Waals surface area (Å²) in [5.41, 5.74) is 4.41. The number of anilines is 12. The summed E-state index contributed by atoms with van der Waals surface area (Å²) in [7, 11) is 10.3. The maximum atomic E-state index is 14.4. The standard InChI is InChI=1S/C21H19F2N9O2.C21H18F2N8O2.C21H22FN9O2.C21H23N9O2/c1-10-3-4-17(30-29-10)31-9-11(22)5-15(21(31)34)26-16-7-18(24-2)32-19(28-16)12(8-25-32)20(33)27-14-6-13(14)23;1-24-18-8-16(29-19-12(9-26-31(18)19)20(32)28-14-7-13(14)23)27-15-6-11(22)10-30(21(15)33)17-4-2-3-5-25-17;1-11-4-16(21(33)30(9-11)12-7-24-29(3)10-12)26-17-6-18(23-2)31-19(28-17)13(8-25-31)20(32)27-15-5-14(15)22;1-12-6-16(21(32)29(10-12)14-8-23-28(3)11-14)26-17-7-18(22-2)30-19(27-17)15(9-24-30)20(31)25-13-4-5-13/h3-5,7-9,13-14,24H,6H2,1-2H3,(H,26,28)(H,27,33);2-6,8-10,13-14,24H,7H2,1H3,(H,27,29)(H,28,32);4,6-10,14-15,23H,5H2,1-3H3,(H,26,28)(H,27,32);6-11,13,22H,4-5H2,1-3H3,(H,25,31)(H,26,27)/t2*13-,14+;14-,15+;/m111./s1. The van der Waals surface area contributed by atoms with Crippen LogP contribution in [0, 0.1) is 32.4 Å². The Hall–Kier alpha value is -17.1. The molecule has 0 spiro atoms. The van der Waals surface area contributed by atoms with E-state index in [4.69, 9.17) is 0 Å². The molecule has 4 saturated carbocycles. The van der Waals surface area contributed by atoms with Gasteiger partial charge < -0.3 is 63.8 Å². The fourth-order valence-corrected chi connectivity index (χ4v) is 13.9. The number of hydrogen-bond donors (Lipinski definition) is 12. The minimum absolute atomic E-state index is 0.0803. The molecule has 4 aliphatic rings. The second-order valence-corrected chi connectivity index (χ2v) is 31.2. The Labute approximate surface area is 741 Å². The number of pyridine rings is 5. The molecule has 0 aromatic carbocycles. The number of nitrogens with zero attached hydrogens (tertiary/aromatic N) is 23. The van der Waals surface area contributed by atoms with Crippen molar-refractivity contribution < 1.29 is 41.1 Å². The molecule has 0 radical (unpaired) electrons. The number of carbonyl (C=O) groups excluding carboxylic acids is 4. The van der Waals surface area contributed by atoms with Gasteiger partial charge in [0.25, 0.3) is 45.9 Å². The molecule has 676 valence electrons. The highest BCUT2D eigenvalue weighted by Gasteiger charge is 2.42. The first-order valence-corrected chi connectivity index (χ1v) is 41.1. The van der Waals surface area contributed by atoms with Gasteiger partial charge in [-0.1, -0.05) is 6.07 Å². The summed E-state index contributed by atoms with van der Waals surface area (Å²) in [5, 5.41) is 67.5. The summed E-state index contributed by atoms with van der Waals surface area (Å²) in [4.78, 5) is 125. The van der Waals surface area contributed by atoms with E-state index in [9.17, 15) is 60.3 Å². The highest BCUT2D eigenvalue weighted by molar-refractivity contribution is 6.03. The van der Waals surface area contributed by atoms with Crippen LogP contribution in [-0.4, -0.2) is 206 Å². The van der Waals surface area contributed by atoms with Crippen molar-refractivity contribution in [3.05, 3.63) is 252 Å². The normalized spacial score (nSPS) is 16.2. The zero-order chi connectivity index (χ0) is 92.8. The summed E-state index contributed by atoms with van der Waals surface area (Å²) in [6, 6.07) is 18.9. The predicted molar refractivity (Wildman–Crippen MR) is 475 cm³/mol. The van der Waals surface area contributed by atoms with E-state index in [-0.39, 0.29) is 104 Å². The number of amides is 4. The smallest absolute Gasteiger partial charge is 0.280 e. The molecule has 0 saturated heterocycles. The van der Waals surface area contributed by atoms with Crippen LogP contribution in [0.5, 0.6) is 0 Å². The number of hydrogen-bond acceptors (Lipinski definition) is 29. The van der Waals surface area contributed by atoms with Gasteiger partial charge in [0.05, 0.1) is 78.6 Å². The van der Waals surface area contributed by atoms with E-state index in [2.05, 4.69) is 130 Å². The zero-order valence-corrected chi connectivity index (χ0v) is 71.5. The molecule has 43 nitrogen and oxygen atoms in total. The molecular formula is C84H82F5N35O8. The third-order valence-corrected chi connectivity index (χ3v) is 21.1. The van der Waals surface area contributed by atoms with E-state index in [1.54, 1.807) is 167 Å². The molecule has 16 aromatic rings. The van der Waals surface area contributed by atoms with E-state index >= 15 is 0 Å². The molecular weight excluding hydrogens is 1720 g/mol. The van der Waals surface area contributed by atoms with Crippen LogP contribution in [0.3, 0.4) is 0 Å². The van der Waals surface area contributed by atoms with Gasteiger partial charge in [0.2, 0.25) is 0 Å². The Morgan fingerprint density at radius 1 is 0.386 bits per heavy atom. The number of carbonyl (C=O) groups is 4. The third-order valence-electron chi connectivity index (χ3n) is 21.1. The van der Waals surface area contributed by atoms with Crippen molar-refractivity contribution in [3.8, 4) is 23.0 Å². The largest absolute Gasteiger partial charge is 0.373 e. The van der Waals surface area contributed by atoms with Crippen molar-refractivity contribution in [1.82, 2.24) is 133 Å². The highest BCUT2D eigenvalue weighted by Crippen LogP contribution is 2.32. The van der Waals surface area contributed by atoms with E-state index in [1.807, 2.05) is 13.8 Å². The van der Waals surface area contributed by atoms with Gasteiger partial charge in [-0.15, -0.1) is 5.10 Å². The lowest BCUT2D eigenvalue weighted by Crippen LogP contribution is -2.27. The van der Waals surface area contributed by atoms with Gasteiger partial charge in [-0.25, -0.2) is 46.9 Å². The van der Waals surface area contributed by atoms with Crippen LogP contribution in [-0.2, 0) is 14.1 Å². The van der Waals surface area contributed by atoms with Crippen molar-refractivity contribution in [2.24, 2.45) is 14.1 Å². The molecule has 4 aliphatic carbocycles. The topological polar surface area (TPSA) is 496 Å². The van der Waals surface area contributed by atoms with E-state index < -0.39 is 77.1 Å². The fourth-order valence-electron chi connectivity index (χ4n) is 13.9. The molecule has 48 heteroatoms. The fraction of sp³-hybridized carbons (Fsp3) is 0.250. The molecule has 12 N–H and O–H groups in total. The minimum Gasteiger partial charge on any atom is -0.373 e. The van der Waals surface area contributed by atoms with Crippen molar-refractivity contribution in [3.63, 3.8) is 0 Å². The van der Waals surface area contributed by atoms with Crippen molar-refractivity contribution in [2.45, 2.75) is 95.6 Å². The summed E-state index contributed by atoms with van der Waals surface area (Å²) < 4.78 is 82.6. The number of alkyl halides is 3. The molecule has 20 rings (SSSR count). The predicted octanol–water partition coefficient (Wildman–Crippen LogP) is 6.93. The van der Waals surface area contributed by atoms with Gasteiger partial charge in [0.15, 0.2) is 28.4 Å². The lowest BCUT2D eigenvalue weighted by molar-refractivity contribution is 0.0940. The third kappa shape index (κ3) is 18.6. The molecule has 0 aliphatic heterocycles. The minimum atomic E-state index is -1.06. The number of nitrogens with one attached hydrogen (secondary N) is 12. The van der Waals surface area contributed by atoms with E-state index in [0.29, 0.717) is 81.0 Å². The number of fused-ring (bicyclic) bond motifs is 4. The SMILES string of the molecule is CNc1cc(Nc2cc(C)cn(-c3cnn(C)c3)c2=O)nc2c(C(=O)NC3CC3)cnn12.CNc1cc(Nc2cc(C)cn(-c3cnn(C)c3)c2=O)nc2c(C(=O)N[C@H]3C[C@H]3F)cnn12.CNc1cc(Nc2cc(F)cn(-c3ccc(C)nn3)c2=O)nc2c(C(=O)N[C@H]3C[C@H]3F)cnn12.CNc1cc(Nc2cc(F)cn(-c3ccccn3)c2=O)nc2c(C(=O)N[C@H]3C[C@H]3F)cnn12. The molecule has 4 amide bonds. The molecule has 0 unspecified atom stereocenters.